The van der Waals surface area contributed by atoms with Crippen LogP contribution in [0.3, 0.4) is 0 Å². The normalized spacial score (nSPS) is 10.4. The summed E-state index contributed by atoms with van der Waals surface area (Å²) in [7, 11) is 0. The van der Waals surface area contributed by atoms with Crippen LogP contribution in [0.25, 0.3) is 12.2 Å². The van der Waals surface area contributed by atoms with Gasteiger partial charge in [0.1, 0.15) is 6.61 Å². The molecule has 90 valence electrons. The van der Waals surface area contributed by atoms with Crippen LogP contribution in [0.15, 0.2) is 67.4 Å². The first kappa shape index (κ1) is 12.2. The fraction of sp³-hybridized carbons (Fsp3) is 0.0588. The van der Waals surface area contributed by atoms with Crippen molar-refractivity contribution in [3.8, 4) is 0 Å². The van der Waals surface area contributed by atoms with E-state index in [0.717, 1.165) is 16.7 Å². The lowest BCUT2D eigenvalue weighted by Crippen LogP contribution is -1.86. The van der Waals surface area contributed by atoms with Gasteiger partial charge in [0.05, 0.1) is 6.26 Å². The Morgan fingerprint density at radius 3 is 2.28 bits per heavy atom. The molecule has 2 aromatic rings. The number of ether oxygens (including phenoxy) is 1. The summed E-state index contributed by atoms with van der Waals surface area (Å²) in [6.07, 6.45) is 5.52. The van der Waals surface area contributed by atoms with E-state index in [2.05, 4.69) is 6.58 Å². The Hall–Kier alpha value is -2.28. The number of benzene rings is 2. The van der Waals surface area contributed by atoms with Gasteiger partial charge in [0.25, 0.3) is 0 Å². The highest BCUT2D eigenvalue weighted by molar-refractivity contribution is 5.48. The van der Waals surface area contributed by atoms with Gasteiger partial charge in [-0.2, -0.15) is 0 Å². The minimum Gasteiger partial charge on any atom is -0.496 e. The van der Waals surface area contributed by atoms with Crippen LogP contribution in [-0.4, -0.2) is 0 Å². The second-order valence-corrected chi connectivity index (χ2v) is 3.97. The molecule has 2 aromatic carbocycles. The fourth-order valence-electron chi connectivity index (χ4n) is 1.59. The maximum absolute atomic E-state index is 5.49. The van der Waals surface area contributed by atoms with Crippen molar-refractivity contribution < 1.29 is 4.74 Å². The SMILES string of the molecule is C=Cc1ccc(COC=Cc2ccccc2)cc1. The minimum absolute atomic E-state index is 0.584. The van der Waals surface area contributed by atoms with Crippen molar-refractivity contribution in [2.45, 2.75) is 6.61 Å². The lowest BCUT2D eigenvalue weighted by Gasteiger charge is -2.01. The Balaban J connectivity index is 1.84. The molecule has 0 unspecified atom stereocenters. The van der Waals surface area contributed by atoms with Crippen LogP contribution in [0.4, 0.5) is 0 Å². The molecule has 0 aromatic heterocycles. The summed E-state index contributed by atoms with van der Waals surface area (Å²) >= 11 is 0. The molecule has 0 aliphatic carbocycles. The van der Waals surface area contributed by atoms with Gasteiger partial charge < -0.3 is 4.74 Å². The van der Waals surface area contributed by atoms with Crippen LogP contribution >= 0.6 is 0 Å². The molecule has 0 aliphatic rings. The zero-order valence-electron chi connectivity index (χ0n) is 10.3. The monoisotopic (exact) mass is 236 g/mol. The lowest BCUT2D eigenvalue weighted by molar-refractivity contribution is 0.239. The van der Waals surface area contributed by atoms with Crippen molar-refractivity contribution in [2.75, 3.05) is 0 Å². The Morgan fingerprint density at radius 2 is 1.61 bits per heavy atom. The molecule has 0 atom stereocenters. The van der Waals surface area contributed by atoms with E-state index in [4.69, 9.17) is 4.74 Å². The second-order valence-electron chi connectivity index (χ2n) is 3.97. The van der Waals surface area contributed by atoms with Crippen molar-refractivity contribution in [3.63, 3.8) is 0 Å². The Kier molecular flexibility index (Phi) is 4.37. The highest BCUT2D eigenvalue weighted by Crippen LogP contribution is 2.07. The van der Waals surface area contributed by atoms with E-state index in [1.54, 1.807) is 6.26 Å². The third-order valence-corrected chi connectivity index (χ3v) is 2.62. The van der Waals surface area contributed by atoms with Crippen LogP contribution < -0.4 is 0 Å². The van der Waals surface area contributed by atoms with Crippen LogP contribution in [0.2, 0.25) is 0 Å². The van der Waals surface area contributed by atoms with Crippen LogP contribution in [0, 0.1) is 0 Å². The summed E-state index contributed by atoms with van der Waals surface area (Å²) in [6, 6.07) is 18.3. The minimum atomic E-state index is 0.584. The maximum Gasteiger partial charge on any atom is 0.112 e. The summed E-state index contributed by atoms with van der Waals surface area (Å²) < 4.78 is 5.49. The highest BCUT2D eigenvalue weighted by Gasteiger charge is 1.91. The first-order chi connectivity index (χ1) is 8.88. The predicted octanol–water partition coefficient (Wildman–Crippen LogP) is 4.52. The van der Waals surface area contributed by atoms with Gasteiger partial charge in [-0.15, -0.1) is 0 Å². The summed E-state index contributed by atoms with van der Waals surface area (Å²) in [5.41, 5.74) is 3.41. The summed E-state index contributed by atoms with van der Waals surface area (Å²) in [5, 5.41) is 0. The summed E-state index contributed by atoms with van der Waals surface area (Å²) in [4.78, 5) is 0. The van der Waals surface area contributed by atoms with Gasteiger partial charge in [0, 0.05) is 0 Å². The number of hydrogen-bond acceptors (Lipinski definition) is 1. The van der Waals surface area contributed by atoms with E-state index < -0.39 is 0 Å². The zero-order chi connectivity index (χ0) is 12.6. The molecule has 0 bridgehead atoms. The smallest absolute Gasteiger partial charge is 0.112 e. The van der Waals surface area contributed by atoms with Crippen molar-refractivity contribution in [1.29, 1.82) is 0 Å². The zero-order valence-corrected chi connectivity index (χ0v) is 10.3. The Labute approximate surface area is 108 Å². The van der Waals surface area contributed by atoms with E-state index >= 15 is 0 Å². The topological polar surface area (TPSA) is 9.23 Å². The highest BCUT2D eigenvalue weighted by atomic mass is 16.5. The van der Waals surface area contributed by atoms with E-state index in [9.17, 15) is 0 Å². The Morgan fingerprint density at radius 1 is 0.889 bits per heavy atom. The molecule has 0 saturated heterocycles. The molecule has 0 spiro atoms. The standard InChI is InChI=1S/C17H16O/c1-2-15-8-10-17(11-9-15)14-18-13-12-16-6-4-3-5-7-16/h2-13H,1,14H2. The van der Waals surface area contributed by atoms with Gasteiger partial charge in [-0.05, 0) is 22.8 Å². The summed E-state index contributed by atoms with van der Waals surface area (Å²) in [6.45, 7) is 4.31. The van der Waals surface area contributed by atoms with Gasteiger partial charge in [-0.25, -0.2) is 0 Å². The second kappa shape index (κ2) is 6.45. The van der Waals surface area contributed by atoms with Gasteiger partial charge >= 0.3 is 0 Å². The first-order valence-electron chi connectivity index (χ1n) is 5.93. The molecule has 1 heteroatoms. The van der Waals surface area contributed by atoms with Crippen LogP contribution in [-0.2, 0) is 11.3 Å². The molecule has 1 nitrogen and oxygen atoms in total. The van der Waals surface area contributed by atoms with Gasteiger partial charge in [-0.1, -0.05) is 67.3 Å². The van der Waals surface area contributed by atoms with Gasteiger partial charge in [0.15, 0.2) is 0 Å². The predicted molar refractivity (Wildman–Crippen MR) is 76.8 cm³/mol. The van der Waals surface area contributed by atoms with Gasteiger partial charge in [-0.3, -0.25) is 0 Å². The Bertz CT molecular complexity index is 509. The lowest BCUT2D eigenvalue weighted by atomic mass is 10.1. The number of rotatable bonds is 5. The molecule has 0 amide bonds. The largest absolute Gasteiger partial charge is 0.496 e. The number of hydrogen-bond donors (Lipinski definition) is 0. The van der Waals surface area contributed by atoms with Crippen LogP contribution in [0.5, 0.6) is 0 Å². The van der Waals surface area contributed by atoms with E-state index in [1.165, 1.54) is 0 Å². The van der Waals surface area contributed by atoms with Crippen molar-refractivity contribution in [1.82, 2.24) is 0 Å². The summed E-state index contributed by atoms with van der Waals surface area (Å²) in [5.74, 6) is 0. The van der Waals surface area contributed by atoms with Gasteiger partial charge in [0.2, 0.25) is 0 Å². The third-order valence-electron chi connectivity index (χ3n) is 2.62. The third kappa shape index (κ3) is 3.63. The molecule has 0 aliphatic heterocycles. The molecule has 2 rings (SSSR count). The molecule has 18 heavy (non-hydrogen) atoms. The van der Waals surface area contributed by atoms with Crippen LogP contribution in [0.1, 0.15) is 16.7 Å². The molecule has 0 fully saturated rings. The van der Waals surface area contributed by atoms with E-state index in [-0.39, 0.29) is 0 Å². The van der Waals surface area contributed by atoms with E-state index in [0.29, 0.717) is 6.61 Å². The fourth-order valence-corrected chi connectivity index (χ4v) is 1.59. The molecule has 0 radical (unpaired) electrons. The molecular weight excluding hydrogens is 220 g/mol. The molecule has 0 heterocycles. The maximum atomic E-state index is 5.49. The molecular formula is C17H16O. The average Bonchev–Trinajstić information content (AvgIpc) is 2.45. The molecule has 0 saturated carbocycles. The first-order valence-corrected chi connectivity index (χ1v) is 5.93. The van der Waals surface area contributed by atoms with Crippen molar-refractivity contribution >= 4 is 12.2 Å². The van der Waals surface area contributed by atoms with Crippen molar-refractivity contribution in [2.24, 2.45) is 0 Å². The molecule has 0 N–H and O–H groups in total. The average molecular weight is 236 g/mol. The quantitative estimate of drug-likeness (QED) is 0.694. The van der Waals surface area contributed by atoms with E-state index in [1.807, 2.05) is 66.7 Å². The van der Waals surface area contributed by atoms with Crippen molar-refractivity contribution in [3.05, 3.63) is 84.1 Å².